The van der Waals surface area contributed by atoms with Crippen LogP contribution >= 0.6 is 22.9 Å². The van der Waals surface area contributed by atoms with E-state index in [4.69, 9.17) is 22.1 Å². The van der Waals surface area contributed by atoms with E-state index in [1.165, 1.54) is 11.3 Å². The number of rotatable bonds is 8. The molecule has 0 unspecified atom stereocenters. The number of thiazole rings is 1. The molecule has 1 aromatic heterocycles. The maximum absolute atomic E-state index is 12.7. The van der Waals surface area contributed by atoms with E-state index in [1.807, 2.05) is 34.5 Å². The second-order valence-corrected chi connectivity index (χ2v) is 9.25. The second-order valence-electron chi connectivity index (χ2n) is 7.87. The van der Waals surface area contributed by atoms with Gasteiger partial charge in [-0.2, -0.15) is 0 Å². The SMILES string of the molecule is NC(=O)c1ccc(CN2CCN(C(=O)Cc3csc(COc4ccc(Cl)cc4)n3)CC2)cc1. The molecule has 2 aromatic carbocycles. The second kappa shape index (κ2) is 10.8. The minimum atomic E-state index is -0.421. The van der Waals surface area contributed by atoms with Crippen LogP contribution in [0, 0.1) is 0 Å². The van der Waals surface area contributed by atoms with Crippen LogP contribution in [0.4, 0.5) is 0 Å². The fraction of sp³-hybridized carbons (Fsp3) is 0.292. The first kappa shape index (κ1) is 23.2. The van der Waals surface area contributed by atoms with Crippen molar-refractivity contribution >= 4 is 34.8 Å². The molecule has 9 heteroatoms. The lowest BCUT2D eigenvalue weighted by Crippen LogP contribution is -2.48. The van der Waals surface area contributed by atoms with Crippen LogP contribution in [0.25, 0.3) is 0 Å². The number of nitrogens with zero attached hydrogens (tertiary/aromatic N) is 3. The van der Waals surface area contributed by atoms with Crippen molar-refractivity contribution in [2.24, 2.45) is 5.73 Å². The van der Waals surface area contributed by atoms with E-state index in [0.29, 0.717) is 36.7 Å². The highest BCUT2D eigenvalue weighted by Gasteiger charge is 2.22. The number of carbonyl (C=O) groups excluding carboxylic acids is 2. The van der Waals surface area contributed by atoms with E-state index in [0.717, 1.165) is 41.6 Å². The van der Waals surface area contributed by atoms with Crippen molar-refractivity contribution in [1.29, 1.82) is 0 Å². The minimum Gasteiger partial charge on any atom is -0.486 e. The zero-order chi connectivity index (χ0) is 23.2. The monoisotopic (exact) mass is 484 g/mol. The van der Waals surface area contributed by atoms with Gasteiger partial charge in [-0.25, -0.2) is 4.98 Å². The molecule has 2 amide bonds. The lowest BCUT2D eigenvalue weighted by atomic mass is 10.1. The first-order valence-corrected chi connectivity index (χ1v) is 11.9. The van der Waals surface area contributed by atoms with Crippen molar-refractivity contribution in [3.8, 4) is 5.75 Å². The number of benzene rings is 2. The number of nitrogens with two attached hydrogens (primary N) is 1. The van der Waals surface area contributed by atoms with Crippen molar-refractivity contribution in [1.82, 2.24) is 14.8 Å². The third-order valence-electron chi connectivity index (χ3n) is 5.48. The third-order valence-corrected chi connectivity index (χ3v) is 6.60. The Kier molecular flexibility index (Phi) is 7.59. The number of primary amides is 1. The number of hydrogen-bond acceptors (Lipinski definition) is 6. The van der Waals surface area contributed by atoms with Crippen molar-refractivity contribution in [2.45, 2.75) is 19.6 Å². The van der Waals surface area contributed by atoms with E-state index in [9.17, 15) is 9.59 Å². The highest BCUT2D eigenvalue weighted by Crippen LogP contribution is 2.19. The Bertz CT molecular complexity index is 1090. The first-order valence-electron chi connectivity index (χ1n) is 10.7. The van der Waals surface area contributed by atoms with Crippen LogP contribution in [-0.4, -0.2) is 52.8 Å². The van der Waals surface area contributed by atoms with Gasteiger partial charge in [0.25, 0.3) is 0 Å². The Morgan fingerprint density at radius 3 is 2.39 bits per heavy atom. The predicted molar refractivity (Wildman–Crippen MR) is 128 cm³/mol. The number of hydrogen-bond donors (Lipinski definition) is 1. The summed E-state index contributed by atoms with van der Waals surface area (Å²) < 4.78 is 5.73. The molecule has 0 bridgehead atoms. The van der Waals surface area contributed by atoms with Gasteiger partial charge in [-0.3, -0.25) is 14.5 Å². The van der Waals surface area contributed by atoms with Crippen LogP contribution in [0.3, 0.4) is 0 Å². The molecule has 2 heterocycles. The van der Waals surface area contributed by atoms with Gasteiger partial charge in [0.05, 0.1) is 12.1 Å². The zero-order valence-corrected chi connectivity index (χ0v) is 19.6. The molecule has 172 valence electrons. The molecule has 2 N–H and O–H groups in total. The Hall–Kier alpha value is -2.94. The third kappa shape index (κ3) is 6.54. The molecule has 3 aromatic rings. The maximum atomic E-state index is 12.7. The van der Waals surface area contributed by atoms with Crippen molar-refractivity contribution in [2.75, 3.05) is 26.2 Å². The molecule has 0 radical (unpaired) electrons. The molecule has 0 spiro atoms. The molecule has 1 fully saturated rings. The summed E-state index contributed by atoms with van der Waals surface area (Å²) >= 11 is 7.38. The molecular weight excluding hydrogens is 460 g/mol. The summed E-state index contributed by atoms with van der Waals surface area (Å²) in [6.45, 7) is 4.13. The smallest absolute Gasteiger partial charge is 0.248 e. The molecule has 7 nitrogen and oxygen atoms in total. The van der Waals surface area contributed by atoms with Gasteiger partial charge in [0.1, 0.15) is 17.4 Å². The standard InChI is InChI=1S/C24H25ClN4O3S/c25-19-5-7-21(8-6-19)32-15-22-27-20(16-33-22)13-23(30)29-11-9-28(10-12-29)14-17-1-3-18(4-2-17)24(26)31/h1-8,16H,9-15H2,(H2,26,31). The minimum absolute atomic E-state index is 0.0935. The van der Waals surface area contributed by atoms with E-state index >= 15 is 0 Å². The Morgan fingerprint density at radius 1 is 1.03 bits per heavy atom. The maximum Gasteiger partial charge on any atom is 0.248 e. The number of aromatic nitrogens is 1. The molecule has 1 saturated heterocycles. The molecule has 0 saturated carbocycles. The molecule has 4 rings (SSSR count). The average molecular weight is 485 g/mol. The molecule has 0 atom stereocenters. The quantitative estimate of drug-likeness (QED) is 0.529. The number of halogens is 1. The van der Waals surface area contributed by atoms with E-state index in [1.54, 1.807) is 24.3 Å². The fourth-order valence-electron chi connectivity index (χ4n) is 3.63. The topological polar surface area (TPSA) is 88.8 Å². The molecule has 1 aliphatic heterocycles. The highest BCUT2D eigenvalue weighted by molar-refractivity contribution is 7.09. The van der Waals surface area contributed by atoms with Gasteiger partial charge in [-0.1, -0.05) is 23.7 Å². The summed E-state index contributed by atoms with van der Waals surface area (Å²) in [7, 11) is 0. The predicted octanol–water partition coefficient (Wildman–Crippen LogP) is 3.36. The average Bonchev–Trinajstić information content (AvgIpc) is 3.27. The normalized spacial score (nSPS) is 14.3. The Balaban J connectivity index is 1.21. The summed E-state index contributed by atoms with van der Waals surface area (Å²) in [6.07, 6.45) is 0.298. The van der Waals surface area contributed by atoms with Gasteiger partial charge < -0.3 is 15.4 Å². The molecule has 33 heavy (non-hydrogen) atoms. The van der Waals surface area contributed by atoms with Crippen LogP contribution in [0.1, 0.15) is 26.6 Å². The summed E-state index contributed by atoms with van der Waals surface area (Å²) in [5.41, 5.74) is 7.70. The van der Waals surface area contributed by atoms with Gasteiger partial charge in [0, 0.05) is 48.7 Å². The lowest BCUT2D eigenvalue weighted by molar-refractivity contribution is -0.132. The van der Waals surface area contributed by atoms with Crippen molar-refractivity contribution in [3.05, 3.63) is 80.8 Å². The summed E-state index contributed by atoms with van der Waals surface area (Å²) in [4.78, 5) is 32.7. The fourth-order valence-corrected chi connectivity index (χ4v) is 4.46. The number of ether oxygens (including phenoxy) is 1. The van der Waals surface area contributed by atoms with Crippen LogP contribution in [0.15, 0.2) is 53.9 Å². The van der Waals surface area contributed by atoms with Gasteiger partial charge in [0.2, 0.25) is 11.8 Å². The van der Waals surface area contributed by atoms with E-state index in [2.05, 4.69) is 9.88 Å². The number of piperazine rings is 1. The van der Waals surface area contributed by atoms with Gasteiger partial charge >= 0.3 is 0 Å². The van der Waals surface area contributed by atoms with Gasteiger partial charge in [0.15, 0.2) is 0 Å². The zero-order valence-electron chi connectivity index (χ0n) is 18.1. The molecular formula is C24H25ClN4O3S. The summed E-state index contributed by atoms with van der Waals surface area (Å²) in [5, 5.41) is 3.42. The van der Waals surface area contributed by atoms with Crippen LogP contribution in [0.5, 0.6) is 5.75 Å². The Morgan fingerprint density at radius 2 is 1.73 bits per heavy atom. The summed E-state index contributed by atoms with van der Waals surface area (Å²) in [5.74, 6) is 0.403. The van der Waals surface area contributed by atoms with E-state index in [-0.39, 0.29) is 5.91 Å². The highest BCUT2D eigenvalue weighted by atomic mass is 35.5. The number of amides is 2. The number of carbonyl (C=O) groups is 2. The van der Waals surface area contributed by atoms with Crippen LogP contribution < -0.4 is 10.5 Å². The van der Waals surface area contributed by atoms with E-state index < -0.39 is 5.91 Å². The van der Waals surface area contributed by atoms with Crippen LogP contribution in [-0.2, 0) is 24.4 Å². The van der Waals surface area contributed by atoms with Gasteiger partial charge in [-0.05, 0) is 42.0 Å². The lowest BCUT2D eigenvalue weighted by Gasteiger charge is -2.34. The van der Waals surface area contributed by atoms with Gasteiger partial charge in [-0.15, -0.1) is 11.3 Å². The van der Waals surface area contributed by atoms with Crippen molar-refractivity contribution in [3.63, 3.8) is 0 Å². The van der Waals surface area contributed by atoms with Crippen molar-refractivity contribution < 1.29 is 14.3 Å². The first-order chi connectivity index (χ1) is 16.0. The molecule has 1 aliphatic rings. The summed E-state index contributed by atoms with van der Waals surface area (Å²) in [6, 6.07) is 14.5. The van der Waals surface area contributed by atoms with Crippen LogP contribution in [0.2, 0.25) is 5.02 Å². The Labute approximate surface area is 201 Å². The largest absolute Gasteiger partial charge is 0.486 e. The molecule has 0 aliphatic carbocycles.